The number of hydrogen-bond donors (Lipinski definition) is 0. The number of aryl methyl sites for hydroxylation is 3. The van der Waals surface area contributed by atoms with Crippen molar-refractivity contribution in [2.75, 3.05) is 0 Å². The molecule has 0 atom stereocenters. The van der Waals surface area contributed by atoms with Gasteiger partial charge in [0.05, 0.1) is 7.05 Å². The van der Waals surface area contributed by atoms with Crippen LogP contribution in [0.1, 0.15) is 17.0 Å². The van der Waals surface area contributed by atoms with Crippen LogP contribution in [0.3, 0.4) is 0 Å². The standard InChI is InChI=1S/C11H15N4/c1-8-5-6-11(7-9(8)2)15-10(3)14(4)12-13-15/h5-7H,1-4H3/q+1. The third kappa shape index (κ3) is 1.63. The molecule has 78 valence electrons. The van der Waals surface area contributed by atoms with Crippen LogP contribution in [-0.4, -0.2) is 15.1 Å². The van der Waals surface area contributed by atoms with E-state index in [0.717, 1.165) is 11.5 Å². The predicted molar refractivity (Wildman–Crippen MR) is 56.7 cm³/mol. The summed E-state index contributed by atoms with van der Waals surface area (Å²) in [5.74, 6) is 1.01. The van der Waals surface area contributed by atoms with E-state index in [-0.39, 0.29) is 0 Å². The fourth-order valence-electron chi connectivity index (χ4n) is 1.46. The van der Waals surface area contributed by atoms with Crippen LogP contribution in [0.25, 0.3) is 5.69 Å². The van der Waals surface area contributed by atoms with Gasteiger partial charge in [0.1, 0.15) is 10.9 Å². The predicted octanol–water partition coefficient (Wildman–Crippen LogP) is 1.02. The Morgan fingerprint density at radius 3 is 2.40 bits per heavy atom. The minimum atomic E-state index is 1.01. The molecule has 4 nitrogen and oxygen atoms in total. The van der Waals surface area contributed by atoms with Crippen LogP contribution < -0.4 is 4.68 Å². The molecule has 0 fully saturated rings. The summed E-state index contributed by atoms with van der Waals surface area (Å²) in [5.41, 5.74) is 3.62. The van der Waals surface area contributed by atoms with E-state index in [2.05, 4.69) is 42.5 Å². The van der Waals surface area contributed by atoms with Gasteiger partial charge in [-0.1, -0.05) is 10.7 Å². The van der Waals surface area contributed by atoms with Crippen molar-refractivity contribution < 1.29 is 4.68 Å². The molecule has 1 heterocycles. The Morgan fingerprint density at radius 1 is 1.13 bits per heavy atom. The highest BCUT2D eigenvalue weighted by Gasteiger charge is 2.15. The van der Waals surface area contributed by atoms with Gasteiger partial charge in [-0.2, -0.15) is 0 Å². The second-order valence-corrected chi connectivity index (χ2v) is 3.83. The maximum absolute atomic E-state index is 4.09. The van der Waals surface area contributed by atoms with Gasteiger partial charge in [0.15, 0.2) is 5.21 Å². The molecule has 0 aliphatic rings. The fourth-order valence-corrected chi connectivity index (χ4v) is 1.46. The maximum Gasteiger partial charge on any atom is 0.259 e. The van der Waals surface area contributed by atoms with E-state index in [0.29, 0.717) is 0 Å². The van der Waals surface area contributed by atoms with Gasteiger partial charge in [0.25, 0.3) is 5.82 Å². The minimum Gasteiger partial charge on any atom is -0.140 e. The molecule has 0 aliphatic carbocycles. The van der Waals surface area contributed by atoms with E-state index in [9.17, 15) is 0 Å². The maximum atomic E-state index is 4.09. The van der Waals surface area contributed by atoms with Crippen LogP contribution in [0, 0.1) is 20.8 Å². The summed E-state index contributed by atoms with van der Waals surface area (Å²) in [4.78, 5) is 0. The summed E-state index contributed by atoms with van der Waals surface area (Å²) in [6, 6.07) is 6.28. The Balaban J connectivity index is 2.55. The number of nitrogens with zero attached hydrogens (tertiary/aromatic N) is 4. The minimum absolute atomic E-state index is 1.01. The third-order valence-corrected chi connectivity index (χ3v) is 2.77. The lowest BCUT2D eigenvalue weighted by atomic mass is 10.1. The van der Waals surface area contributed by atoms with Crippen LogP contribution in [0.15, 0.2) is 18.2 Å². The van der Waals surface area contributed by atoms with E-state index < -0.39 is 0 Å². The molecule has 1 aromatic heterocycles. The van der Waals surface area contributed by atoms with Crippen LogP contribution in [-0.2, 0) is 7.05 Å². The van der Waals surface area contributed by atoms with E-state index in [4.69, 9.17) is 0 Å². The molecule has 1 aromatic carbocycles. The zero-order chi connectivity index (χ0) is 11.0. The first-order chi connectivity index (χ1) is 7.09. The first kappa shape index (κ1) is 9.83. The summed E-state index contributed by atoms with van der Waals surface area (Å²) in [6.45, 7) is 6.20. The molecule has 0 amide bonds. The Hall–Kier alpha value is -1.71. The highest BCUT2D eigenvalue weighted by atomic mass is 15.6. The molecule has 0 aliphatic heterocycles. The molecular formula is C11H15N4+. The number of rotatable bonds is 1. The normalized spacial score (nSPS) is 10.7. The first-order valence-electron chi connectivity index (χ1n) is 4.96. The smallest absolute Gasteiger partial charge is 0.140 e. The Kier molecular flexibility index (Phi) is 2.26. The summed E-state index contributed by atoms with van der Waals surface area (Å²) < 4.78 is 3.60. The van der Waals surface area contributed by atoms with E-state index in [1.807, 2.05) is 18.7 Å². The Bertz CT molecular complexity index is 499. The van der Waals surface area contributed by atoms with Crippen LogP contribution in [0.4, 0.5) is 0 Å². The van der Waals surface area contributed by atoms with Crippen molar-refractivity contribution in [1.29, 1.82) is 0 Å². The number of benzene rings is 1. The van der Waals surface area contributed by atoms with Gasteiger partial charge in [0.2, 0.25) is 0 Å². The highest BCUT2D eigenvalue weighted by molar-refractivity contribution is 5.38. The second-order valence-electron chi connectivity index (χ2n) is 3.83. The first-order valence-corrected chi connectivity index (χ1v) is 4.96. The topological polar surface area (TPSA) is 34.6 Å². The molecule has 0 radical (unpaired) electrons. The molecule has 0 spiro atoms. The van der Waals surface area contributed by atoms with Gasteiger partial charge in [-0.25, -0.2) is 0 Å². The molecule has 2 rings (SSSR count). The van der Waals surface area contributed by atoms with Gasteiger partial charge in [-0.15, -0.1) is 4.68 Å². The highest BCUT2D eigenvalue weighted by Crippen LogP contribution is 2.13. The largest absolute Gasteiger partial charge is 0.259 e. The second kappa shape index (κ2) is 3.46. The molecular weight excluding hydrogens is 188 g/mol. The summed E-state index contributed by atoms with van der Waals surface area (Å²) in [5, 5.41) is 8.06. The van der Waals surface area contributed by atoms with Crippen molar-refractivity contribution in [3.8, 4) is 5.69 Å². The van der Waals surface area contributed by atoms with Crippen molar-refractivity contribution >= 4 is 0 Å². The molecule has 4 heteroatoms. The van der Waals surface area contributed by atoms with E-state index >= 15 is 0 Å². The van der Waals surface area contributed by atoms with Crippen LogP contribution >= 0.6 is 0 Å². The molecule has 0 N–H and O–H groups in total. The zero-order valence-corrected chi connectivity index (χ0v) is 9.52. The lowest BCUT2D eigenvalue weighted by Gasteiger charge is -2.00. The number of tetrazole rings is 1. The number of hydrogen-bond acceptors (Lipinski definition) is 2. The summed E-state index contributed by atoms with van der Waals surface area (Å²) >= 11 is 0. The van der Waals surface area contributed by atoms with Gasteiger partial charge >= 0.3 is 0 Å². The SMILES string of the molecule is Cc1ccc(-n2nn[n+](C)c2C)cc1C. The van der Waals surface area contributed by atoms with Crippen molar-refractivity contribution in [2.24, 2.45) is 7.05 Å². The fraction of sp³-hybridized carbons (Fsp3) is 0.364. The average Bonchev–Trinajstić information content (AvgIpc) is 2.53. The van der Waals surface area contributed by atoms with Crippen LogP contribution in [0.5, 0.6) is 0 Å². The quantitative estimate of drug-likeness (QED) is 0.648. The van der Waals surface area contributed by atoms with Gasteiger partial charge < -0.3 is 0 Å². The van der Waals surface area contributed by atoms with Crippen molar-refractivity contribution in [3.05, 3.63) is 35.2 Å². The van der Waals surface area contributed by atoms with Gasteiger partial charge in [-0.3, -0.25) is 0 Å². The lowest BCUT2D eigenvalue weighted by molar-refractivity contribution is -0.737. The number of aromatic nitrogens is 4. The molecule has 15 heavy (non-hydrogen) atoms. The molecule has 2 aromatic rings. The van der Waals surface area contributed by atoms with Crippen molar-refractivity contribution in [1.82, 2.24) is 15.1 Å². The molecule has 0 unspecified atom stereocenters. The monoisotopic (exact) mass is 203 g/mol. The van der Waals surface area contributed by atoms with Crippen LogP contribution in [0.2, 0.25) is 0 Å². The van der Waals surface area contributed by atoms with E-state index in [1.54, 1.807) is 4.68 Å². The summed E-state index contributed by atoms with van der Waals surface area (Å²) in [6.07, 6.45) is 0. The lowest BCUT2D eigenvalue weighted by Crippen LogP contribution is -2.33. The van der Waals surface area contributed by atoms with Crippen molar-refractivity contribution in [3.63, 3.8) is 0 Å². The van der Waals surface area contributed by atoms with Gasteiger partial charge in [-0.05, 0) is 37.1 Å². The molecule has 0 saturated heterocycles. The average molecular weight is 203 g/mol. The Morgan fingerprint density at radius 2 is 1.87 bits per heavy atom. The van der Waals surface area contributed by atoms with E-state index in [1.165, 1.54) is 11.1 Å². The molecule has 0 saturated carbocycles. The Labute approximate surface area is 89.1 Å². The zero-order valence-electron chi connectivity index (χ0n) is 9.52. The third-order valence-electron chi connectivity index (χ3n) is 2.77. The molecule has 0 bridgehead atoms. The van der Waals surface area contributed by atoms with Gasteiger partial charge in [0, 0.05) is 6.92 Å². The van der Waals surface area contributed by atoms with Crippen molar-refractivity contribution in [2.45, 2.75) is 20.8 Å². The summed E-state index contributed by atoms with van der Waals surface area (Å²) in [7, 11) is 1.89.